The summed E-state index contributed by atoms with van der Waals surface area (Å²) in [5.41, 5.74) is 9.03. The molecule has 0 saturated carbocycles. The van der Waals surface area contributed by atoms with Gasteiger partial charge in [0.25, 0.3) is 0 Å². The first-order valence-corrected chi connectivity index (χ1v) is 5.93. The van der Waals surface area contributed by atoms with Gasteiger partial charge < -0.3 is 5.73 Å². The second-order valence-electron chi connectivity index (χ2n) is 4.91. The normalized spacial score (nSPS) is 14.2. The molecule has 1 aromatic heterocycles. The van der Waals surface area contributed by atoms with Crippen molar-refractivity contribution in [1.82, 2.24) is 4.98 Å². The van der Waals surface area contributed by atoms with Gasteiger partial charge >= 0.3 is 0 Å². The SMILES string of the molecule is Cc1ccncc1C(C)(N)Cc1ccc(F)cc1. The summed E-state index contributed by atoms with van der Waals surface area (Å²) in [5, 5.41) is 0. The van der Waals surface area contributed by atoms with E-state index in [4.69, 9.17) is 5.73 Å². The molecule has 1 unspecified atom stereocenters. The van der Waals surface area contributed by atoms with Gasteiger partial charge in [0.2, 0.25) is 0 Å². The molecule has 2 nitrogen and oxygen atoms in total. The highest BCUT2D eigenvalue weighted by atomic mass is 19.1. The van der Waals surface area contributed by atoms with Crippen LogP contribution in [0.15, 0.2) is 42.7 Å². The van der Waals surface area contributed by atoms with Gasteiger partial charge in [-0.3, -0.25) is 4.98 Å². The lowest BCUT2D eigenvalue weighted by molar-refractivity contribution is 0.486. The molecule has 1 atom stereocenters. The highest BCUT2D eigenvalue weighted by molar-refractivity contribution is 5.31. The maximum atomic E-state index is 12.9. The molecule has 0 aliphatic rings. The third-order valence-electron chi connectivity index (χ3n) is 3.14. The highest BCUT2D eigenvalue weighted by Gasteiger charge is 2.23. The van der Waals surface area contributed by atoms with Crippen LogP contribution >= 0.6 is 0 Å². The van der Waals surface area contributed by atoms with Gasteiger partial charge in [-0.05, 0) is 55.2 Å². The minimum absolute atomic E-state index is 0.227. The van der Waals surface area contributed by atoms with Crippen LogP contribution in [0.1, 0.15) is 23.6 Å². The van der Waals surface area contributed by atoms with E-state index < -0.39 is 5.54 Å². The van der Waals surface area contributed by atoms with Crippen molar-refractivity contribution in [3.63, 3.8) is 0 Å². The quantitative estimate of drug-likeness (QED) is 0.901. The number of aryl methyl sites for hydroxylation is 1. The molecule has 0 radical (unpaired) electrons. The molecule has 94 valence electrons. The van der Waals surface area contributed by atoms with Crippen molar-refractivity contribution in [3.8, 4) is 0 Å². The van der Waals surface area contributed by atoms with Crippen LogP contribution in [0.25, 0.3) is 0 Å². The summed E-state index contributed by atoms with van der Waals surface area (Å²) in [6, 6.07) is 8.41. The first-order valence-electron chi connectivity index (χ1n) is 5.93. The van der Waals surface area contributed by atoms with E-state index in [0.29, 0.717) is 6.42 Å². The van der Waals surface area contributed by atoms with Crippen molar-refractivity contribution in [1.29, 1.82) is 0 Å². The van der Waals surface area contributed by atoms with E-state index in [9.17, 15) is 4.39 Å². The molecule has 3 heteroatoms. The van der Waals surface area contributed by atoms with E-state index in [1.54, 1.807) is 24.5 Å². The summed E-state index contributed by atoms with van der Waals surface area (Å²) in [7, 11) is 0. The summed E-state index contributed by atoms with van der Waals surface area (Å²) in [5.74, 6) is -0.227. The lowest BCUT2D eigenvalue weighted by atomic mass is 9.85. The Kier molecular flexibility index (Phi) is 3.43. The Bertz CT molecular complexity index is 532. The van der Waals surface area contributed by atoms with E-state index in [2.05, 4.69) is 4.98 Å². The van der Waals surface area contributed by atoms with Gasteiger partial charge in [0.05, 0.1) is 0 Å². The van der Waals surface area contributed by atoms with Gasteiger partial charge in [-0.1, -0.05) is 12.1 Å². The number of rotatable bonds is 3. The summed E-state index contributed by atoms with van der Waals surface area (Å²) >= 11 is 0. The molecular weight excluding hydrogens is 227 g/mol. The van der Waals surface area contributed by atoms with Gasteiger partial charge in [0.1, 0.15) is 5.82 Å². The number of aromatic nitrogens is 1. The predicted molar refractivity (Wildman–Crippen MR) is 70.6 cm³/mol. The molecule has 2 N–H and O–H groups in total. The summed E-state index contributed by atoms with van der Waals surface area (Å²) in [6.45, 7) is 3.99. The molecule has 0 amide bonds. The van der Waals surface area contributed by atoms with E-state index in [1.807, 2.05) is 19.9 Å². The number of benzene rings is 1. The third-order valence-corrected chi connectivity index (χ3v) is 3.14. The Hall–Kier alpha value is -1.74. The van der Waals surface area contributed by atoms with Crippen molar-refractivity contribution < 1.29 is 4.39 Å². The number of hydrogen-bond acceptors (Lipinski definition) is 2. The first-order chi connectivity index (χ1) is 8.49. The third kappa shape index (κ3) is 2.74. The molecule has 2 aromatic rings. The maximum absolute atomic E-state index is 12.9. The zero-order chi connectivity index (χ0) is 13.2. The number of hydrogen-bond donors (Lipinski definition) is 1. The maximum Gasteiger partial charge on any atom is 0.123 e. The first kappa shape index (κ1) is 12.7. The molecular formula is C15H17FN2. The zero-order valence-corrected chi connectivity index (χ0v) is 10.7. The van der Waals surface area contributed by atoms with Gasteiger partial charge in [-0.25, -0.2) is 4.39 Å². The molecule has 0 fully saturated rings. The largest absolute Gasteiger partial charge is 0.321 e. The number of nitrogens with two attached hydrogens (primary N) is 1. The van der Waals surface area contributed by atoms with E-state index in [-0.39, 0.29) is 5.82 Å². The second-order valence-corrected chi connectivity index (χ2v) is 4.91. The van der Waals surface area contributed by atoms with Gasteiger partial charge in [-0.2, -0.15) is 0 Å². The van der Waals surface area contributed by atoms with Crippen LogP contribution in [0.4, 0.5) is 4.39 Å². The molecule has 0 saturated heterocycles. The Morgan fingerprint density at radius 2 is 1.89 bits per heavy atom. The predicted octanol–water partition coefficient (Wildman–Crippen LogP) is 2.95. The molecule has 2 rings (SSSR count). The van der Waals surface area contributed by atoms with Crippen molar-refractivity contribution in [2.24, 2.45) is 5.73 Å². The van der Waals surface area contributed by atoms with Crippen molar-refractivity contribution in [3.05, 3.63) is 65.2 Å². The Labute approximate surface area is 107 Å². The second kappa shape index (κ2) is 4.86. The Balaban J connectivity index is 2.27. The average Bonchev–Trinajstić information content (AvgIpc) is 2.32. The summed E-state index contributed by atoms with van der Waals surface area (Å²) < 4.78 is 12.9. The molecule has 0 aliphatic heterocycles. The molecule has 1 heterocycles. The van der Waals surface area contributed by atoms with Crippen LogP contribution in [-0.4, -0.2) is 4.98 Å². The van der Waals surface area contributed by atoms with E-state index in [0.717, 1.165) is 16.7 Å². The summed E-state index contributed by atoms with van der Waals surface area (Å²) in [4.78, 5) is 4.13. The van der Waals surface area contributed by atoms with Crippen LogP contribution < -0.4 is 5.73 Å². The van der Waals surface area contributed by atoms with Gasteiger partial charge in [0, 0.05) is 17.9 Å². The molecule has 0 aliphatic carbocycles. The average molecular weight is 244 g/mol. The number of halogens is 1. The molecule has 0 spiro atoms. The van der Waals surface area contributed by atoms with Crippen molar-refractivity contribution in [2.45, 2.75) is 25.8 Å². The minimum Gasteiger partial charge on any atom is -0.321 e. The van der Waals surface area contributed by atoms with Gasteiger partial charge in [0.15, 0.2) is 0 Å². The lowest BCUT2D eigenvalue weighted by Crippen LogP contribution is -2.36. The lowest BCUT2D eigenvalue weighted by Gasteiger charge is -2.26. The molecule has 1 aromatic carbocycles. The van der Waals surface area contributed by atoms with Crippen LogP contribution in [-0.2, 0) is 12.0 Å². The Morgan fingerprint density at radius 3 is 2.50 bits per heavy atom. The minimum atomic E-state index is -0.504. The standard InChI is InChI=1S/C15H17FN2/c1-11-7-8-18-10-14(11)15(2,17)9-12-3-5-13(16)6-4-12/h3-8,10H,9,17H2,1-2H3. The van der Waals surface area contributed by atoms with Crippen molar-refractivity contribution >= 4 is 0 Å². The monoisotopic (exact) mass is 244 g/mol. The molecule has 0 bridgehead atoms. The van der Waals surface area contributed by atoms with E-state index >= 15 is 0 Å². The topological polar surface area (TPSA) is 38.9 Å². The molecule has 18 heavy (non-hydrogen) atoms. The van der Waals surface area contributed by atoms with Crippen LogP contribution in [0.2, 0.25) is 0 Å². The van der Waals surface area contributed by atoms with Crippen LogP contribution in [0, 0.1) is 12.7 Å². The number of nitrogens with zero attached hydrogens (tertiary/aromatic N) is 1. The smallest absolute Gasteiger partial charge is 0.123 e. The zero-order valence-electron chi connectivity index (χ0n) is 10.7. The number of pyridine rings is 1. The Morgan fingerprint density at radius 1 is 1.22 bits per heavy atom. The fourth-order valence-corrected chi connectivity index (χ4v) is 2.18. The van der Waals surface area contributed by atoms with E-state index in [1.165, 1.54) is 12.1 Å². The van der Waals surface area contributed by atoms with Crippen LogP contribution in [0.5, 0.6) is 0 Å². The fourth-order valence-electron chi connectivity index (χ4n) is 2.18. The van der Waals surface area contributed by atoms with Crippen molar-refractivity contribution in [2.75, 3.05) is 0 Å². The fraction of sp³-hybridized carbons (Fsp3) is 0.267. The van der Waals surface area contributed by atoms with Crippen LogP contribution in [0.3, 0.4) is 0 Å². The summed E-state index contributed by atoms with van der Waals surface area (Å²) in [6.07, 6.45) is 4.21. The highest BCUT2D eigenvalue weighted by Crippen LogP contribution is 2.24. The van der Waals surface area contributed by atoms with Gasteiger partial charge in [-0.15, -0.1) is 0 Å².